The monoisotopic (exact) mass is 483 g/mol. The van der Waals surface area contributed by atoms with Gasteiger partial charge in [0, 0.05) is 16.9 Å². The number of para-hydroxylation sites is 1. The van der Waals surface area contributed by atoms with Gasteiger partial charge in [0.2, 0.25) is 0 Å². The summed E-state index contributed by atoms with van der Waals surface area (Å²) in [6, 6.07) is 17.3. The molecule has 0 fully saturated rings. The Morgan fingerprint density at radius 2 is 1.67 bits per heavy atom. The molecule has 0 radical (unpaired) electrons. The molecule has 1 heterocycles. The fourth-order valence-electron chi connectivity index (χ4n) is 3.23. The highest BCUT2D eigenvalue weighted by atomic mass is 35.5. The van der Waals surface area contributed by atoms with Crippen LogP contribution in [0.1, 0.15) is 15.9 Å². The minimum Gasteiger partial charge on any atom is -0.349 e. The molecular weight excluding hydrogens is 468 g/mol. The molecule has 0 unspecified atom stereocenters. The highest BCUT2D eigenvalue weighted by Crippen LogP contribution is 2.32. The van der Waals surface area contributed by atoms with Gasteiger partial charge in [-0.1, -0.05) is 47.5 Å². The average Bonchev–Trinajstić information content (AvgIpc) is 3.01. The molecule has 0 bridgehead atoms. The summed E-state index contributed by atoms with van der Waals surface area (Å²) in [5.74, 6) is -2.53. The molecule has 9 heteroatoms. The van der Waals surface area contributed by atoms with Crippen molar-refractivity contribution in [2.75, 3.05) is 15.5 Å². The largest absolute Gasteiger partial charge is 0.349 e. The van der Waals surface area contributed by atoms with Crippen molar-refractivity contribution in [3.05, 3.63) is 99.4 Å². The van der Waals surface area contributed by atoms with Crippen molar-refractivity contribution < 1.29 is 18.8 Å². The fraction of sp³-hybridized carbons (Fsp3) is 0.0417. The van der Waals surface area contributed by atoms with Crippen LogP contribution < -0.4 is 15.5 Å². The van der Waals surface area contributed by atoms with Gasteiger partial charge in [-0.25, -0.2) is 9.29 Å². The van der Waals surface area contributed by atoms with Crippen molar-refractivity contribution in [3.8, 4) is 0 Å². The van der Waals surface area contributed by atoms with Gasteiger partial charge in [0.05, 0.1) is 10.7 Å². The van der Waals surface area contributed by atoms with Crippen molar-refractivity contribution in [1.29, 1.82) is 0 Å². The molecule has 166 valence electrons. The number of hydrogen-bond acceptors (Lipinski definition) is 4. The molecule has 0 saturated carbocycles. The van der Waals surface area contributed by atoms with E-state index in [1.54, 1.807) is 49.4 Å². The maximum Gasteiger partial charge on any atom is 0.283 e. The quantitative estimate of drug-likeness (QED) is 0.471. The molecule has 3 amide bonds. The van der Waals surface area contributed by atoms with E-state index < -0.39 is 17.6 Å². The highest BCUT2D eigenvalue weighted by molar-refractivity contribution is 6.53. The number of carbonyl (C=O) groups is 3. The molecule has 0 aliphatic carbocycles. The lowest BCUT2D eigenvalue weighted by atomic mass is 10.1. The fourth-order valence-corrected chi connectivity index (χ4v) is 3.61. The van der Waals surface area contributed by atoms with Crippen LogP contribution in [0, 0.1) is 12.7 Å². The van der Waals surface area contributed by atoms with Crippen molar-refractivity contribution in [3.63, 3.8) is 0 Å². The maximum absolute atomic E-state index is 13.5. The molecule has 0 atom stereocenters. The zero-order chi connectivity index (χ0) is 23.7. The first-order valence-corrected chi connectivity index (χ1v) is 10.5. The summed E-state index contributed by atoms with van der Waals surface area (Å²) in [5, 5.41) is 5.09. The van der Waals surface area contributed by atoms with E-state index in [2.05, 4.69) is 10.6 Å². The number of rotatable bonds is 5. The number of aryl methyl sites for hydroxylation is 1. The van der Waals surface area contributed by atoms with Crippen molar-refractivity contribution in [2.24, 2.45) is 0 Å². The van der Waals surface area contributed by atoms with Crippen LogP contribution in [0.5, 0.6) is 0 Å². The van der Waals surface area contributed by atoms with E-state index in [9.17, 15) is 18.8 Å². The minimum absolute atomic E-state index is 0.0825. The lowest BCUT2D eigenvalue weighted by Gasteiger charge is -2.16. The Labute approximate surface area is 198 Å². The number of imide groups is 1. The Morgan fingerprint density at radius 1 is 0.939 bits per heavy atom. The SMILES string of the molecule is Cc1ccc(C(=O)Nc2ccccc2)cc1NC1=C(Cl)C(=O)N(c2ccc(F)c(Cl)c2)C1=O. The molecule has 3 aromatic rings. The maximum atomic E-state index is 13.5. The third kappa shape index (κ3) is 4.46. The van der Waals surface area contributed by atoms with Gasteiger partial charge in [0.25, 0.3) is 17.7 Å². The van der Waals surface area contributed by atoms with E-state index in [-0.39, 0.29) is 27.3 Å². The van der Waals surface area contributed by atoms with Gasteiger partial charge in [-0.05, 0) is 55.0 Å². The minimum atomic E-state index is -0.775. The Bertz CT molecular complexity index is 1330. The standard InChI is InChI=1S/C24H16Cl2FN3O3/c1-13-7-8-14(22(31)28-15-5-3-2-4-6-15)11-19(13)29-21-20(26)23(32)30(24(21)33)16-9-10-18(27)17(25)12-16/h2-12,29H,1H3,(H,28,31). The molecule has 0 aromatic heterocycles. The van der Waals surface area contributed by atoms with Gasteiger partial charge in [-0.3, -0.25) is 14.4 Å². The predicted molar refractivity (Wildman–Crippen MR) is 126 cm³/mol. The molecule has 4 rings (SSSR count). The zero-order valence-corrected chi connectivity index (χ0v) is 18.7. The molecule has 6 nitrogen and oxygen atoms in total. The van der Waals surface area contributed by atoms with E-state index in [1.165, 1.54) is 12.1 Å². The van der Waals surface area contributed by atoms with Gasteiger partial charge < -0.3 is 10.6 Å². The Kier molecular flexibility index (Phi) is 6.18. The summed E-state index contributed by atoms with van der Waals surface area (Å²) in [6.07, 6.45) is 0. The van der Waals surface area contributed by atoms with Crippen LogP contribution in [0.15, 0.2) is 77.5 Å². The molecule has 33 heavy (non-hydrogen) atoms. The summed E-state index contributed by atoms with van der Waals surface area (Å²) >= 11 is 12.0. The van der Waals surface area contributed by atoms with Crippen LogP contribution in [0.25, 0.3) is 0 Å². The van der Waals surface area contributed by atoms with Crippen LogP contribution in [-0.4, -0.2) is 17.7 Å². The first kappa shape index (κ1) is 22.5. The topological polar surface area (TPSA) is 78.5 Å². The predicted octanol–water partition coefficient (Wildman–Crippen LogP) is 5.48. The van der Waals surface area contributed by atoms with Gasteiger partial charge in [-0.2, -0.15) is 0 Å². The van der Waals surface area contributed by atoms with E-state index in [1.807, 2.05) is 6.07 Å². The number of halogens is 3. The lowest BCUT2D eigenvalue weighted by Crippen LogP contribution is -2.32. The second kappa shape index (κ2) is 9.05. The summed E-state index contributed by atoms with van der Waals surface area (Å²) in [6.45, 7) is 1.77. The molecule has 3 aromatic carbocycles. The van der Waals surface area contributed by atoms with Crippen LogP contribution in [0.4, 0.5) is 21.5 Å². The van der Waals surface area contributed by atoms with Gasteiger partial charge in [0.15, 0.2) is 0 Å². The Hall–Kier alpha value is -3.68. The molecule has 1 aliphatic heterocycles. The normalized spacial score (nSPS) is 13.5. The number of amides is 3. The van der Waals surface area contributed by atoms with Gasteiger partial charge in [-0.15, -0.1) is 0 Å². The number of nitrogens with zero attached hydrogens (tertiary/aromatic N) is 1. The third-order valence-corrected chi connectivity index (χ3v) is 5.62. The van der Waals surface area contributed by atoms with Crippen molar-refractivity contribution >= 4 is 58.0 Å². The molecule has 0 spiro atoms. The zero-order valence-electron chi connectivity index (χ0n) is 17.2. The van der Waals surface area contributed by atoms with E-state index in [4.69, 9.17) is 23.2 Å². The second-order valence-corrected chi connectivity index (χ2v) is 7.99. The van der Waals surface area contributed by atoms with Crippen molar-refractivity contribution in [2.45, 2.75) is 6.92 Å². The Morgan fingerprint density at radius 3 is 2.36 bits per heavy atom. The lowest BCUT2D eigenvalue weighted by molar-refractivity contribution is -0.120. The average molecular weight is 484 g/mol. The van der Waals surface area contributed by atoms with Crippen LogP contribution >= 0.6 is 23.2 Å². The van der Waals surface area contributed by atoms with Crippen molar-refractivity contribution in [1.82, 2.24) is 0 Å². The van der Waals surface area contributed by atoms with Gasteiger partial charge in [0.1, 0.15) is 16.5 Å². The number of nitrogens with one attached hydrogen (secondary N) is 2. The van der Waals surface area contributed by atoms with Crippen LogP contribution in [-0.2, 0) is 9.59 Å². The number of anilines is 3. The molecule has 1 aliphatic rings. The van der Waals surface area contributed by atoms with E-state index in [0.29, 0.717) is 22.5 Å². The molecule has 2 N–H and O–H groups in total. The summed E-state index contributed by atoms with van der Waals surface area (Å²) in [7, 11) is 0. The summed E-state index contributed by atoms with van der Waals surface area (Å²) in [5.41, 5.74) is 2.02. The summed E-state index contributed by atoms with van der Waals surface area (Å²) in [4.78, 5) is 39.1. The highest BCUT2D eigenvalue weighted by Gasteiger charge is 2.39. The summed E-state index contributed by atoms with van der Waals surface area (Å²) < 4.78 is 13.5. The number of carbonyl (C=O) groups excluding carboxylic acids is 3. The first-order chi connectivity index (χ1) is 15.8. The third-order valence-electron chi connectivity index (χ3n) is 4.98. The Balaban J connectivity index is 1.60. The van der Waals surface area contributed by atoms with Crippen LogP contribution in [0.3, 0.4) is 0 Å². The number of benzene rings is 3. The first-order valence-electron chi connectivity index (χ1n) is 9.74. The van der Waals surface area contributed by atoms with Crippen LogP contribution in [0.2, 0.25) is 5.02 Å². The molecular formula is C24H16Cl2FN3O3. The van der Waals surface area contributed by atoms with E-state index >= 15 is 0 Å². The van der Waals surface area contributed by atoms with E-state index in [0.717, 1.165) is 11.0 Å². The second-order valence-electron chi connectivity index (χ2n) is 7.21. The number of hydrogen-bond donors (Lipinski definition) is 2. The smallest absolute Gasteiger partial charge is 0.283 e. The molecule has 0 saturated heterocycles. The van der Waals surface area contributed by atoms with Gasteiger partial charge >= 0.3 is 0 Å².